The van der Waals surface area contributed by atoms with Gasteiger partial charge in [0.2, 0.25) is 0 Å². The van der Waals surface area contributed by atoms with E-state index in [0.29, 0.717) is 5.41 Å². The predicted octanol–water partition coefficient (Wildman–Crippen LogP) is 4.55. The smallest absolute Gasteiger partial charge is 0.288 e. The van der Waals surface area contributed by atoms with Crippen LogP contribution in [-0.4, -0.2) is 11.5 Å². The maximum absolute atomic E-state index is 10.8. The van der Waals surface area contributed by atoms with E-state index in [2.05, 4.69) is 12.2 Å². The Hall–Kier alpha value is -1.29. The molecule has 0 amide bonds. The lowest BCUT2D eigenvalue weighted by atomic mass is 10.0. The summed E-state index contributed by atoms with van der Waals surface area (Å²) in [4.78, 5) is 10.4. The van der Waals surface area contributed by atoms with Gasteiger partial charge < -0.3 is 5.32 Å². The molecular formula is C14H19ClN2O2. The minimum Gasteiger partial charge on any atom is -0.384 e. The van der Waals surface area contributed by atoms with Crippen LogP contribution in [0.4, 0.5) is 11.4 Å². The zero-order chi connectivity index (χ0) is 14.0. The summed E-state index contributed by atoms with van der Waals surface area (Å²) in [5, 5.41) is 14.4. The number of aryl methyl sites for hydroxylation is 1. The molecule has 0 spiro atoms. The molecule has 1 aromatic rings. The molecule has 0 unspecified atom stereocenters. The van der Waals surface area contributed by atoms with Crippen molar-refractivity contribution in [3.05, 3.63) is 32.8 Å². The van der Waals surface area contributed by atoms with Crippen molar-refractivity contribution in [2.45, 2.75) is 39.5 Å². The van der Waals surface area contributed by atoms with Crippen molar-refractivity contribution in [3.63, 3.8) is 0 Å². The van der Waals surface area contributed by atoms with Crippen LogP contribution in [0.25, 0.3) is 0 Å². The van der Waals surface area contributed by atoms with E-state index in [9.17, 15) is 10.1 Å². The summed E-state index contributed by atoms with van der Waals surface area (Å²) in [5.74, 6) is 0. The van der Waals surface area contributed by atoms with Gasteiger partial charge in [0, 0.05) is 18.3 Å². The molecule has 0 aromatic heterocycles. The number of nitro groups is 1. The van der Waals surface area contributed by atoms with E-state index in [4.69, 9.17) is 11.6 Å². The molecule has 1 aliphatic rings. The van der Waals surface area contributed by atoms with Gasteiger partial charge in [-0.3, -0.25) is 10.1 Å². The number of hydrogen-bond donors (Lipinski definition) is 1. The Labute approximate surface area is 118 Å². The Bertz CT molecular complexity index is 498. The summed E-state index contributed by atoms with van der Waals surface area (Å²) >= 11 is 5.94. The molecule has 2 rings (SSSR count). The highest BCUT2D eigenvalue weighted by Crippen LogP contribution is 2.49. The molecular weight excluding hydrogens is 264 g/mol. The lowest BCUT2D eigenvalue weighted by Crippen LogP contribution is -2.15. The van der Waals surface area contributed by atoms with E-state index >= 15 is 0 Å². The van der Waals surface area contributed by atoms with E-state index in [0.717, 1.165) is 17.8 Å². The van der Waals surface area contributed by atoms with Gasteiger partial charge >= 0.3 is 0 Å². The van der Waals surface area contributed by atoms with Gasteiger partial charge in [-0.2, -0.15) is 0 Å². The summed E-state index contributed by atoms with van der Waals surface area (Å²) in [6, 6.07) is 3.20. The van der Waals surface area contributed by atoms with Crippen molar-refractivity contribution in [2.75, 3.05) is 11.9 Å². The topological polar surface area (TPSA) is 55.2 Å². The van der Waals surface area contributed by atoms with Crippen molar-refractivity contribution in [2.24, 2.45) is 5.41 Å². The van der Waals surface area contributed by atoms with E-state index in [1.54, 1.807) is 6.07 Å². The van der Waals surface area contributed by atoms with Crippen LogP contribution in [-0.2, 0) is 0 Å². The number of nitro benzene ring substituents is 1. The number of nitrogens with one attached hydrogen (secondary N) is 1. The van der Waals surface area contributed by atoms with E-state index in [1.165, 1.54) is 31.7 Å². The Morgan fingerprint density at radius 3 is 2.68 bits per heavy atom. The molecule has 104 valence electrons. The van der Waals surface area contributed by atoms with Crippen molar-refractivity contribution in [3.8, 4) is 0 Å². The number of benzene rings is 1. The summed E-state index contributed by atoms with van der Waals surface area (Å²) in [5.41, 5.74) is 2.18. The van der Waals surface area contributed by atoms with Gasteiger partial charge in [0.05, 0.1) is 4.92 Å². The molecule has 1 N–H and O–H groups in total. The fraction of sp³-hybridized carbons (Fsp3) is 0.571. The zero-order valence-corrected chi connectivity index (χ0v) is 12.1. The van der Waals surface area contributed by atoms with Crippen molar-refractivity contribution in [1.82, 2.24) is 0 Å². The third kappa shape index (κ3) is 3.18. The number of nitrogens with zero attached hydrogens (tertiary/aromatic N) is 1. The summed E-state index contributed by atoms with van der Waals surface area (Å²) in [6.45, 7) is 4.99. The molecule has 1 fully saturated rings. The Morgan fingerprint density at radius 1 is 1.47 bits per heavy atom. The standard InChI is InChI=1S/C14H19ClN2O2/c1-3-4-14(5-6-14)9-16-12-8-11(15)13(17(18)19)7-10(12)2/h7-8,16H,3-6,9H2,1-2H3. The zero-order valence-electron chi connectivity index (χ0n) is 11.3. The summed E-state index contributed by atoms with van der Waals surface area (Å²) in [7, 11) is 0. The van der Waals surface area contributed by atoms with E-state index < -0.39 is 4.92 Å². The van der Waals surface area contributed by atoms with Crippen molar-refractivity contribution >= 4 is 23.0 Å². The highest BCUT2D eigenvalue weighted by atomic mass is 35.5. The summed E-state index contributed by atoms with van der Waals surface area (Å²) in [6.07, 6.45) is 4.97. The van der Waals surface area contributed by atoms with Crippen LogP contribution in [0.2, 0.25) is 5.02 Å². The SMILES string of the molecule is CCCC1(CNc2cc(Cl)c([N+](=O)[O-])cc2C)CC1. The molecule has 0 radical (unpaired) electrons. The third-order valence-electron chi connectivity index (χ3n) is 3.88. The molecule has 4 nitrogen and oxygen atoms in total. The number of rotatable bonds is 6. The monoisotopic (exact) mass is 282 g/mol. The van der Waals surface area contributed by atoms with E-state index in [1.807, 2.05) is 6.92 Å². The van der Waals surface area contributed by atoms with Crippen LogP contribution in [0, 0.1) is 22.5 Å². The van der Waals surface area contributed by atoms with Crippen LogP contribution < -0.4 is 5.32 Å². The third-order valence-corrected chi connectivity index (χ3v) is 4.18. The Kier molecular flexibility index (Phi) is 3.99. The lowest BCUT2D eigenvalue weighted by Gasteiger charge is -2.17. The average Bonchev–Trinajstić information content (AvgIpc) is 3.10. The fourth-order valence-electron chi connectivity index (χ4n) is 2.50. The quantitative estimate of drug-likeness (QED) is 0.615. The van der Waals surface area contributed by atoms with E-state index in [-0.39, 0.29) is 10.7 Å². The second-order valence-electron chi connectivity index (χ2n) is 5.48. The van der Waals surface area contributed by atoms with Gasteiger partial charge in [0.1, 0.15) is 5.02 Å². The second kappa shape index (κ2) is 5.37. The highest BCUT2D eigenvalue weighted by Gasteiger charge is 2.41. The molecule has 1 aromatic carbocycles. The van der Waals surface area contributed by atoms with Gasteiger partial charge in [0.15, 0.2) is 0 Å². The minimum absolute atomic E-state index is 0.0283. The molecule has 1 saturated carbocycles. The number of anilines is 1. The van der Waals surface area contributed by atoms with Gasteiger partial charge in [-0.25, -0.2) is 0 Å². The van der Waals surface area contributed by atoms with Crippen molar-refractivity contribution < 1.29 is 4.92 Å². The minimum atomic E-state index is -0.446. The van der Waals surface area contributed by atoms with Gasteiger partial charge in [0.25, 0.3) is 5.69 Å². The lowest BCUT2D eigenvalue weighted by molar-refractivity contribution is -0.384. The summed E-state index contributed by atoms with van der Waals surface area (Å²) < 4.78 is 0. The van der Waals surface area contributed by atoms with Crippen LogP contribution in [0.1, 0.15) is 38.2 Å². The van der Waals surface area contributed by atoms with Crippen LogP contribution in [0.15, 0.2) is 12.1 Å². The van der Waals surface area contributed by atoms with Crippen molar-refractivity contribution in [1.29, 1.82) is 0 Å². The van der Waals surface area contributed by atoms with Gasteiger partial charge in [-0.15, -0.1) is 0 Å². The molecule has 0 atom stereocenters. The fourth-order valence-corrected chi connectivity index (χ4v) is 2.73. The van der Waals surface area contributed by atoms with Crippen LogP contribution in [0.5, 0.6) is 0 Å². The molecule has 0 aliphatic heterocycles. The largest absolute Gasteiger partial charge is 0.384 e. The first-order valence-electron chi connectivity index (χ1n) is 6.66. The highest BCUT2D eigenvalue weighted by molar-refractivity contribution is 6.33. The molecule has 19 heavy (non-hydrogen) atoms. The molecule has 0 bridgehead atoms. The predicted molar refractivity (Wildman–Crippen MR) is 77.9 cm³/mol. The maximum Gasteiger partial charge on any atom is 0.288 e. The molecule has 1 aliphatic carbocycles. The first-order valence-corrected chi connectivity index (χ1v) is 7.04. The van der Waals surface area contributed by atoms with Gasteiger partial charge in [-0.05, 0) is 43.2 Å². The average molecular weight is 283 g/mol. The normalized spacial score (nSPS) is 16.2. The number of hydrogen-bond acceptors (Lipinski definition) is 3. The first-order chi connectivity index (χ1) is 8.97. The molecule has 5 heteroatoms. The van der Waals surface area contributed by atoms with Crippen LogP contribution >= 0.6 is 11.6 Å². The molecule has 0 saturated heterocycles. The second-order valence-corrected chi connectivity index (χ2v) is 5.89. The van der Waals surface area contributed by atoms with Crippen LogP contribution in [0.3, 0.4) is 0 Å². The Morgan fingerprint density at radius 2 is 2.16 bits per heavy atom. The first kappa shape index (κ1) is 14.1. The number of halogens is 1. The maximum atomic E-state index is 10.8. The van der Waals surface area contributed by atoms with Gasteiger partial charge in [-0.1, -0.05) is 24.9 Å². The Balaban J connectivity index is 2.09. The molecule has 0 heterocycles.